The van der Waals surface area contributed by atoms with Crippen molar-refractivity contribution >= 4 is 29.0 Å². The summed E-state index contributed by atoms with van der Waals surface area (Å²) in [6, 6.07) is -0.355. The van der Waals surface area contributed by atoms with Gasteiger partial charge in [0.15, 0.2) is 11.5 Å². The minimum Gasteiger partial charge on any atom is -0.464 e. The van der Waals surface area contributed by atoms with Gasteiger partial charge in [0.25, 0.3) is 0 Å². The number of piperidine rings is 1. The maximum atomic E-state index is 13.7. The van der Waals surface area contributed by atoms with Gasteiger partial charge in [0.1, 0.15) is 11.1 Å². The van der Waals surface area contributed by atoms with E-state index >= 15 is 0 Å². The van der Waals surface area contributed by atoms with Crippen LogP contribution in [0.25, 0.3) is 0 Å². The molecule has 1 aliphatic heterocycles. The monoisotopic (exact) mass is 509 g/mol. The molecule has 35 heavy (non-hydrogen) atoms. The third-order valence-electron chi connectivity index (χ3n) is 7.49. The van der Waals surface area contributed by atoms with Crippen LogP contribution in [0.2, 0.25) is 0 Å². The number of aliphatic hydroxyl groups excluding tert-OH is 1. The van der Waals surface area contributed by atoms with E-state index in [4.69, 9.17) is 4.74 Å². The number of ether oxygens (including phenoxy) is 1. The number of hydrogen-bond donors (Lipinski definition) is 1. The van der Waals surface area contributed by atoms with Crippen LogP contribution < -0.4 is 0 Å². The van der Waals surface area contributed by atoms with Gasteiger partial charge in [-0.25, -0.2) is 9.78 Å². The molecule has 0 radical (unpaired) electrons. The molecule has 8 nitrogen and oxygen atoms in total. The molecule has 0 aromatic carbocycles. The second-order valence-electron chi connectivity index (χ2n) is 10.2. The summed E-state index contributed by atoms with van der Waals surface area (Å²) in [6.07, 6.45) is 3.44. The number of hydrogen-bond acceptors (Lipinski definition) is 8. The normalized spacial score (nSPS) is 20.2. The van der Waals surface area contributed by atoms with Crippen LogP contribution in [0.4, 0.5) is 0 Å². The molecule has 0 bridgehead atoms. The highest BCUT2D eigenvalue weighted by molar-refractivity contribution is 7.09. The number of aliphatic hydroxyl groups is 1. The van der Waals surface area contributed by atoms with Crippen LogP contribution in [0, 0.1) is 17.8 Å². The molecular formula is C26H43N3O5S. The SMILES string of the molecule is CCC(C)C(CC(=O)C1CCCCN1C)C(=O)N(C)C(CC(O)c1nc(C(=O)OC)cs1)C(C)C. The molecule has 1 aromatic rings. The molecule has 1 saturated heterocycles. The number of ketones is 1. The smallest absolute Gasteiger partial charge is 0.357 e. The zero-order chi connectivity index (χ0) is 26.3. The number of Topliss-reactive ketones (excluding diaryl/α,β-unsaturated/α-hetero) is 1. The zero-order valence-electron chi connectivity index (χ0n) is 22.3. The van der Waals surface area contributed by atoms with E-state index in [1.807, 2.05) is 34.7 Å². The minimum absolute atomic E-state index is 0.0496. The molecule has 0 spiro atoms. The standard InChI is InChI=1S/C26H43N3O5S/c1-8-17(4)18(13-22(30)20-11-9-10-12-28(20)5)25(32)29(6)21(16(2)3)14-23(31)24-27-19(15-35-24)26(33)34-7/h15-18,20-21,23,31H,8-14H2,1-7H3. The molecule has 5 atom stereocenters. The maximum Gasteiger partial charge on any atom is 0.357 e. The fourth-order valence-electron chi connectivity index (χ4n) is 4.92. The fraction of sp³-hybridized carbons (Fsp3) is 0.769. The maximum absolute atomic E-state index is 13.7. The Kier molecular flexibility index (Phi) is 11.3. The Morgan fingerprint density at radius 1 is 1.29 bits per heavy atom. The number of amides is 1. The van der Waals surface area contributed by atoms with Crippen LogP contribution in [0.5, 0.6) is 0 Å². The third-order valence-corrected chi connectivity index (χ3v) is 8.44. The van der Waals surface area contributed by atoms with Gasteiger partial charge in [0, 0.05) is 37.2 Å². The van der Waals surface area contributed by atoms with Crippen LogP contribution in [0.15, 0.2) is 5.38 Å². The number of nitrogens with zero attached hydrogens (tertiary/aromatic N) is 3. The van der Waals surface area contributed by atoms with Crippen LogP contribution in [-0.4, -0.2) is 77.4 Å². The molecule has 1 amide bonds. The molecule has 2 heterocycles. The number of rotatable bonds is 12. The minimum atomic E-state index is -0.916. The van der Waals surface area contributed by atoms with E-state index in [1.165, 1.54) is 18.4 Å². The summed E-state index contributed by atoms with van der Waals surface area (Å²) in [5.74, 6) is -0.683. The molecule has 198 valence electrons. The first-order valence-corrected chi connectivity index (χ1v) is 13.6. The lowest BCUT2D eigenvalue weighted by molar-refractivity contribution is -0.143. The van der Waals surface area contributed by atoms with Crippen molar-refractivity contribution in [1.29, 1.82) is 0 Å². The van der Waals surface area contributed by atoms with E-state index in [-0.39, 0.29) is 47.7 Å². The van der Waals surface area contributed by atoms with E-state index in [1.54, 1.807) is 17.3 Å². The van der Waals surface area contributed by atoms with E-state index in [2.05, 4.69) is 9.88 Å². The van der Waals surface area contributed by atoms with Crippen LogP contribution in [0.3, 0.4) is 0 Å². The molecule has 5 unspecified atom stereocenters. The van der Waals surface area contributed by atoms with Crippen molar-refractivity contribution < 1.29 is 24.2 Å². The Balaban J connectivity index is 2.16. The number of methoxy groups -OCH3 is 1. The van der Waals surface area contributed by atoms with Gasteiger partial charge in [-0.3, -0.25) is 14.5 Å². The summed E-state index contributed by atoms with van der Waals surface area (Å²) in [7, 11) is 5.06. The number of likely N-dealkylation sites (N-methyl/N-ethyl adjacent to an activating group) is 1. The van der Waals surface area contributed by atoms with E-state index in [0.29, 0.717) is 11.4 Å². The highest BCUT2D eigenvalue weighted by atomic mass is 32.1. The molecule has 1 aliphatic rings. The van der Waals surface area contributed by atoms with Crippen molar-refractivity contribution in [3.63, 3.8) is 0 Å². The van der Waals surface area contributed by atoms with Gasteiger partial charge in [0.2, 0.25) is 5.91 Å². The summed E-state index contributed by atoms with van der Waals surface area (Å²) >= 11 is 1.20. The van der Waals surface area contributed by atoms with Crippen molar-refractivity contribution in [3.8, 4) is 0 Å². The van der Waals surface area contributed by atoms with Gasteiger partial charge in [-0.15, -0.1) is 11.3 Å². The lowest BCUT2D eigenvalue weighted by Crippen LogP contribution is -2.48. The third kappa shape index (κ3) is 7.57. The number of carbonyl (C=O) groups is 3. The lowest BCUT2D eigenvalue weighted by atomic mass is 9.83. The van der Waals surface area contributed by atoms with E-state index < -0.39 is 18.0 Å². The first-order chi connectivity index (χ1) is 16.5. The molecule has 1 N–H and O–H groups in total. The van der Waals surface area contributed by atoms with Gasteiger partial charge in [-0.1, -0.05) is 40.5 Å². The average molecular weight is 510 g/mol. The predicted molar refractivity (Wildman–Crippen MR) is 137 cm³/mol. The van der Waals surface area contributed by atoms with Crippen molar-refractivity contribution in [1.82, 2.24) is 14.8 Å². The van der Waals surface area contributed by atoms with E-state index in [9.17, 15) is 19.5 Å². The highest BCUT2D eigenvalue weighted by Gasteiger charge is 2.36. The summed E-state index contributed by atoms with van der Waals surface area (Å²) in [6.45, 7) is 9.04. The number of likely N-dealkylation sites (tertiary alicyclic amines) is 1. The first-order valence-electron chi connectivity index (χ1n) is 12.7. The number of aromatic nitrogens is 1. The van der Waals surface area contributed by atoms with Crippen molar-refractivity contribution in [3.05, 3.63) is 16.1 Å². The van der Waals surface area contributed by atoms with Gasteiger partial charge in [-0.05, 0) is 38.3 Å². The van der Waals surface area contributed by atoms with Gasteiger partial charge < -0.3 is 14.7 Å². The number of carbonyl (C=O) groups excluding carboxylic acids is 3. The Labute approximate surface area is 214 Å². The quantitative estimate of drug-likeness (QED) is 0.426. The Hall–Kier alpha value is -1.84. The molecule has 0 saturated carbocycles. The second-order valence-corrected chi connectivity index (χ2v) is 11.1. The molecule has 9 heteroatoms. The first kappa shape index (κ1) is 29.4. The number of esters is 1. The summed E-state index contributed by atoms with van der Waals surface area (Å²) in [4.78, 5) is 46.7. The predicted octanol–water partition coefficient (Wildman–Crippen LogP) is 3.94. The fourth-order valence-corrected chi connectivity index (χ4v) is 5.71. The van der Waals surface area contributed by atoms with Crippen molar-refractivity contribution in [2.45, 2.75) is 84.4 Å². The summed E-state index contributed by atoms with van der Waals surface area (Å²) in [5, 5.41) is 12.9. The van der Waals surface area contributed by atoms with Crippen LogP contribution in [-0.2, 0) is 14.3 Å². The zero-order valence-corrected chi connectivity index (χ0v) is 23.1. The van der Waals surface area contributed by atoms with Crippen LogP contribution >= 0.6 is 11.3 Å². The topological polar surface area (TPSA) is 100 Å². The van der Waals surface area contributed by atoms with Gasteiger partial charge in [0.05, 0.1) is 13.2 Å². The van der Waals surface area contributed by atoms with Crippen LogP contribution in [0.1, 0.15) is 87.8 Å². The van der Waals surface area contributed by atoms with Gasteiger partial charge >= 0.3 is 5.97 Å². The highest BCUT2D eigenvalue weighted by Crippen LogP contribution is 2.30. The largest absolute Gasteiger partial charge is 0.464 e. The Morgan fingerprint density at radius 2 is 1.97 bits per heavy atom. The Bertz CT molecular complexity index is 858. The lowest BCUT2D eigenvalue weighted by Gasteiger charge is -2.37. The van der Waals surface area contributed by atoms with Gasteiger partial charge in [-0.2, -0.15) is 0 Å². The molecule has 2 rings (SSSR count). The van der Waals surface area contributed by atoms with E-state index in [0.717, 1.165) is 32.2 Å². The number of thiazole rings is 1. The molecule has 1 fully saturated rings. The molecule has 1 aromatic heterocycles. The second kappa shape index (κ2) is 13.5. The average Bonchev–Trinajstić information content (AvgIpc) is 3.34. The van der Waals surface area contributed by atoms with Crippen molar-refractivity contribution in [2.24, 2.45) is 17.8 Å². The molecule has 0 aliphatic carbocycles. The van der Waals surface area contributed by atoms with Crippen molar-refractivity contribution in [2.75, 3.05) is 27.7 Å². The Morgan fingerprint density at radius 3 is 2.54 bits per heavy atom. The summed E-state index contributed by atoms with van der Waals surface area (Å²) < 4.78 is 4.70. The summed E-state index contributed by atoms with van der Waals surface area (Å²) in [5.41, 5.74) is 0.167. The molecular weight excluding hydrogens is 466 g/mol.